The van der Waals surface area contributed by atoms with E-state index < -0.39 is 6.04 Å². The summed E-state index contributed by atoms with van der Waals surface area (Å²) in [6.07, 6.45) is 1.94. The molecule has 4 N–H and O–H groups in total. The summed E-state index contributed by atoms with van der Waals surface area (Å²) in [5.74, 6) is 0.119. The predicted molar refractivity (Wildman–Crippen MR) is 66.1 cm³/mol. The number of phenolic OH excluding ortho intramolecular Hbond substituents is 1. The highest BCUT2D eigenvalue weighted by Crippen LogP contribution is 2.27. The van der Waals surface area contributed by atoms with Crippen LogP contribution in [0.4, 0.5) is 5.69 Å². The quantitative estimate of drug-likeness (QED) is 0.530. The molecule has 0 aliphatic carbocycles. The van der Waals surface area contributed by atoms with Crippen LogP contribution < -0.4 is 15.8 Å². The van der Waals surface area contributed by atoms with Gasteiger partial charge in [0.15, 0.2) is 0 Å². The van der Waals surface area contributed by atoms with E-state index in [1.165, 1.54) is 19.2 Å². The lowest BCUT2D eigenvalue weighted by molar-refractivity contribution is -0.117. The van der Waals surface area contributed by atoms with E-state index in [2.05, 4.69) is 11.9 Å². The fourth-order valence-electron chi connectivity index (χ4n) is 1.25. The fraction of sp³-hybridized carbons (Fsp3) is 0.250. The van der Waals surface area contributed by atoms with Crippen LogP contribution in [0.25, 0.3) is 0 Å². The lowest BCUT2D eigenvalue weighted by Gasteiger charge is -2.12. The van der Waals surface area contributed by atoms with Crippen LogP contribution in [0.2, 0.25) is 0 Å². The standard InChI is InChI=1S/C12H16N2O3/c1-3-4-9(13)12(16)14-10-7-8(17-2)5-6-11(10)15/h3,5-7,9,15H,1,4,13H2,2H3,(H,14,16). The van der Waals surface area contributed by atoms with Crippen molar-refractivity contribution in [3.05, 3.63) is 30.9 Å². The third-order valence-electron chi connectivity index (χ3n) is 2.22. The number of ether oxygens (including phenoxy) is 1. The minimum Gasteiger partial charge on any atom is -0.506 e. The SMILES string of the molecule is C=CCC(N)C(=O)Nc1cc(OC)ccc1O. The first-order valence-electron chi connectivity index (χ1n) is 5.12. The van der Waals surface area contributed by atoms with Crippen LogP contribution in [0.15, 0.2) is 30.9 Å². The average Bonchev–Trinajstić information content (AvgIpc) is 2.32. The predicted octanol–water partition coefficient (Wildman–Crippen LogP) is 1.24. The first kappa shape index (κ1) is 13.1. The number of carbonyl (C=O) groups is 1. The van der Waals surface area contributed by atoms with E-state index in [4.69, 9.17) is 10.5 Å². The molecule has 0 heterocycles. The normalized spacial score (nSPS) is 11.6. The van der Waals surface area contributed by atoms with Crippen molar-refractivity contribution in [3.63, 3.8) is 0 Å². The highest BCUT2D eigenvalue weighted by Gasteiger charge is 2.14. The maximum Gasteiger partial charge on any atom is 0.241 e. The Morgan fingerprint density at radius 2 is 2.41 bits per heavy atom. The molecule has 0 aliphatic rings. The van der Waals surface area contributed by atoms with E-state index in [9.17, 15) is 9.90 Å². The van der Waals surface area contributed by atoms with Gasteiger partial charge in [0.2, 0.25) is 5.91 Å². The molecule has 1 atom stereocenters. The van der Waals surface area contributed by atoms with E-state index in [1.54, 1.807) is 12.1 Å². The van der Waals surface area contributed by atoms with Gasteiger partial charge in [-0.2, -0.15) is 0 Å². The van der Waals surface area contributed by atoms with Gasteiger partial charge in [-0.1, -0.05) is 6.08 Å². The topological polar surface area (TPSA) is 84.6 Å². The number of nitrogens with one attached hydrogen (secondary N) is 1. The number of carbonyl (C=O) groups excluding carboxylic acids is 1. The summed E-state index contributed by atoms with van der Waals surface area (Å²) in [6.45, 7) is 3.51. The Morgan fingerprint density at radius 3 is 3.00 bits per heavy atom. The summed E-state index contributed by atoms with van der Waals surface area (Å²) < 4.78 is 4.99. The van der Waals surface area contributed by atoms with Gasteiger partial charge < -0.3 is 20.9 Å². The number of aromatic hydroxyl groups is 1. The molecule has 1 aromatic carbocycles. The van der Waals surface area contributed by atoms with Crippen LogP contribution in [0.5, 0.6) is 11.5 Å². The minimum atomic E-state index is -0.682. The maximum atomic E-state index is 11.6. The molecular formula is C12H16N2O3. The number of hydrogen-bond donors (Lipinski definition) is 3. The Hall–Kier alpha value is -2.01. The average molecular weight is 236 g/mol. The summed E-state index contributed by atoms with van der Waals surface area (Å²) in [5, 5.41) is 12.1. The Balaban J connectivity index is 2.80. The van der Waals surface area contributed by atoms with Gasteiger partial charge in [0.25, 0.3) is 0 Å². The molecule has 0 bridgehead atoms. The Bertz CT molecular complexity index is 418. The highest BCUT2D eigenvalue weighted by atomic mass is 16.5. The van der Waals surface area contributed by atoms with Gasteiger partial charge in [-0.05, 0) is 18.6 Å². The minimum absolute atomic E-state index is 0.0371. The highest BCUT2D eigenvalue weighted by molar-refractivity contribution is 5.96. The summed E-state index contributed by atoms with van der Waals surface area (Å²) >= 11 is 0. The Labute approximate surface area is 99.9 Å². The van der Waals surface area contributed by atoms with Crippen LogP contribution in [0.1, 0.15) is 6.42 Å². The summed E-state index contributed by atoms with van der Waals surface area (Å²) in [5.41, 5.74) is 5.87. The second-order valence-electron chi connectivity index (χ2n) is 3.50. The summed E-state index contributed by atoms with van der Waals surface area (Å²) in [4.78, 5) is 11.6. The van der Waals surface area contributed by atoms with Crippen molar-refractivity contribution in [2.75, 3.05) is 12.4 Å². The number of amides is 1. The molecule has 1 amide bonds. The van der Waals surface area contributed by atoms with Crippen molar-refractivity contribution >= 4 is 11.6 Å². The second kappa shape index (κ2) is 5.91. The van der Waals surface area contributed by atoms with Crippen molar-refractivity contribution in [2.24, 2.45) is 5.73 Å². The smallest absolute Gasteiger partial charge is 0.241 e. The van der Waals surface area contributed by atoms with Crippen molar-refractivity contribution in [2.45, 2.75) is 12.5 Å². The maximum absolute atomic E-state index is 11.6. The molecule has 92 valence electrons. The molecule has 5 heteroatoms. The third kappa shape index (κ3) is 3.49. The largest absolute Gasteiger partial charge is 0.506 e. The fourth-order valence-corrected chi connectivity index (χ4v) is 1.25. The number of methoxy groups -OCH3 is 1. The van der Waals surface area contributed by atoms with Gasteiger partial charge in [-0.15, -0.1) is 6.58 Å². The van der Waals surface area contributed by atoms with Crippen molar-refractivity contribution < 1.29 is 14.6 Å². The van der Waals surface area contributed by atoms with Crippen LogP contribution in [0.3, 0.4) is 0 Å². The summed E-state index contributed by atoms with van der Waals surface area (Å²) in [6, 6.07) is 3.87. The van der Waals surface area contributed by atoms with Gasteiger partial charge in [0.05, 0.1) is 18.8 Å². The zero-order valence-corrected chi connectivity index (χ0v) is 9.64. The molecule has 0 fully saturated rings. The van der Waals surface area contributed by atoms with Crippen LogP contribution in [-0.4, -0.2) is 24.2 Å². The molecule has 0 saturated carbocycles. The number of hydrogen-bond acceptors (Lipinski definition) is 4. The number of anilines is 1. The summed E-state index contributed by atoms with van der Waals surface area (Å²) in [7, 11) is 1.50. The lowest BCUT2D eigenvalue weighted by Crippen LogP contribution is -2.35. The van der Waals surface area contributed by atoms with Crippen molar-refractivity contribution in [3.8, 4) is 11.5 Å². The number of nitrogens with two attached hydrogens (primary N) is 1. The molecule has 5 nitrogen and oxygen atoms in total. The van der Waals surface area contributed by atoms with E-state index >= 15 is 0 Å². The Kier molecular flexibility index (Phi) is 4.54. The van der Waals surface area contributed by atoms with Gasteiger partial charge in [0, 0.05) is 6.07 Å². The molecule has 0 aliphatic heterocycles. The van der Waals surface area contributed by atoms with E-state index in [-0.39, 0.29) is 17.3 Å². The van der Waals surface area contributed by atoms with E-state index in [0.717, 1.165) is 0 Å². The molecule has 1 rings (SSSR count). The van der Waals surface area contributed by atoms with Gasteiger partial charge in [0.1, 0.15) is 11.5 Å². The Morgan fingerprint density at radius 1 is 1.71 bits per heavy atom. The first-order chi connectivity index (χ1) is 8.08. The molecule has 0 aromatic heterocycles. The molecule has 1 unspecified atom stereocenters. The van der Waals surface area contributed by atoms with Crippen LogP contribution in [0, 0.1) is 0 Å². The van der Waals surface area contributed by atoms with E-state index in [0.29, 0.717) is 12.2 Å². The van der Waals surface area contributed by atoms with Gasteiger partial charge in [-0.25, -0.2) is 0 Å². The van der Waals surface area contributed by atoms with Gasteiger partial charge in [-0.3, -0.25) is 4.79 Å². The molecular weight excluding hydrogens is 220 g/mol. The zero-order chi connectivity index (χ0) is 12.8. The van der Waals surface area contributed by atoms with Crippen LogP contribution >= 0.6 is 0 Å². The number of benzene rings is 1. The van der Waals surface area contributed by atoms with Crippen molar-refractivity contribution in [1.82, 2.24) is 0 Å². The molecule has 0 spiro atoms. The lowest BCUT2D eigenvalue weighted by atomic mass is 10.2. The molecule has 0 radical (unpaired) electrons. The van der Waals surface area contributed by atoms with Gasteiger partial charge >= 0.3 is 0 Å². The van der Waals surface area contributed by atoms with Crippen LogP contribution in [-0.2, 0) is 4.79 Å². The van der Waals surface area contributed by atoms with Crippen molar-refractivity contribution in [1.29, 1.82) is 0 Å². The monoisotopic (exact) mass is 236 g/mol. The molecule has 17 heavy (non-hydrogen) atoms. The molecule has 0 saturated heterocycles. The number of rotatable bonds is 5. The second-order valence-corrected chi connectivity index (χ2v) is 3.50. The molecule has 1 aromatic rings. The number of phenols is 1. The van der Waals surface area contributed by atoms with E-state index in [1.807, 2.05) is 0 Å². The third-order valence-corrected chi connectivity index (χ3v) is 2.22. The zero-order valence-electron chi connectivity index (χ0n) is 9.64. The first-order valence-corrected chi connectivity index (χ1v) is 5.12.